The van der Waals surface area contributed by atoms with E-state index >= 15 is 0 Å². The van der Waals surface area contributed by atoms with Gasteiger partial charge in [-0.05, 0) is 32.1 Å². The molecule has 0 aliphatic carbocycles. The Morgan fingerprint density at radius 3 is 2.47 bits per heavy atom. The first-order chi connectivity index (χ1) is 9.08. The van der Waals surface area contributed by atoms with E-state index in [2.05, 4.69) is 29.8 Å². The number of rotatable bonds is 5. The molecule has 1 fully saturated rings. The van der Waals surface area contributed by atoms with Crippen molar-refractivity contribution in [3.63, 3.8) is 0 Å². The first kappa shape index (κ1) is 17.4. The van der Waals surface area contributed by atoms with Crippen LogP contribution < -0.4 is 0 Å². The number of unbranched alkanes of at least 4 members (excludes halogenated alkanes) is 2. The van der Waals surface area contributed by atoms with E-state index in [1.807, 2.05) is 0 Å². The summed E-state index contributed by atoms with van der Waals surface area (Å²) in [4.78, 5) is 0.119. The largest absolute Gasteiger partial charge is 0.390 e. The molecule has 0 aromatic heterocycles. The molecule has 0 aromatic rings. The molecule has 19 heavy (non-hydrogen) atoms. The summed E-state index contributed by atoms with van der Waals surface area (Å²) in [6, 6.07) is 0. The van der Waals surface area contributed by atoms with Gasteiger partial charge in [0, 0.05) is 4.83 Å². The van der Waals surface area contributed by atoms with E-state index in [0.717, 1.165) is 19.3 Å². The molecule has 0 unspecified atom stereocenters. The van der Waals surface area contributed by atoms with Crippen LogP contribution in [0, 0.1) is 0 Å². The van der Waals surface area contributed by atoms with Gasteiger partial charge in [0.15, 0.2) is 0 Å². The van der Waals surface area contributed by atoms with Gasteiger partial charge < -0.3 is 14.9 Å². The zero-order chi connectivity index (χ0) is 14.3. The van der Waals surface area contributed by atoms with Crippen LogP contribution in [0.5, 0.6) is 0 Å². The topological polar surface area (TPSA) is 49.7 Å². The van der Waals surface area contributed by atoms with Crippen LogP contribution in [0.1, 0.15) is 65.2 Å². The van der Waals surface area contributed by atoms with Crippen LogP contribution in [0.2, 0.25) is 0 Å². The number of ether oxygens (including phenoxy) is 1. The van der Waals surface area contributed by atoms with Gasteiger partial charge in [0.05, 0.1) is 24.4 Å². The Balaban J connectivity index is 2.60. The molecular weight excluding hydrogens is 308 g/mol. The van der Waals surface area contributed by atoms with Crippen LogP contribution in [0.25, 0.3) is 0 Å². The summed E-state index contributed by atoms with van der Waals surface area (Å²) in [5.41, 5.74) is 0. The lowest BCUT2D eigenvalue weighted by Crippen LogP contribution is -2.32. The van der Waals surface area contributed by atoms with Gasteiger partial charge in [-0.2, -0.15) is 0 Å². The maximum atomic E-state index is 9.96. The fourth-order valence-corrected chi connectivity index (χ4v) is 3.56. The number of hydrogen-bond donors (Lipinski definition) is 2. The van der Waals surface area contributed by atoms with Crippen LogP contribution in [0.4, 0.5) is 0 Å². The van der Waals surface area contributed by atoms with Gasteiger partial charge in [-0.15, -0.1) is 0 Å². The van der Waals surface area contributed by atoms with Crippen molar-refractivity contribution >= 4 is 15.9 Å². The predicted molar refractivity (Wildman–Crippen MR) is 81.7 cm³/mol. The summed E-state index contributed by atoms with van der Waals surface area (Å²) in [5.74, 6) is 0. The minimum atomic E-state index is -0.642. The molecule has 0 bridgehead atoms. The number of aliphatic hydroxyl groups is 2. The summed E-state index contributed by atoms with van der Waals surface area (Å²) in [6.45, 7) is 4.32. The van der Waals surface area contributed by atoms with E-state index in [9.17, 15) is 10.2 Å². The second kappa shape index (κ2) is 9.32. The normalized spacial score (nSPS) is 37.4. The second-order valence-electron chi connectivity index (χ2n) is 5.66. The molecule has 0 saturated carbocycles. The molecule has 1 aliphatic heterocycles. The number of alkyl halides is 1. The standard InChI is InChI=1S/C15H29BrO3/c1-3-5-6-7-11-8-9-13(17)14(18)10-12(16)15(4-2)19-11/h11-15,17-18H,3-10H2,1-2H3/t11-,12-,13-,14+,15+/m0/s1. The minimum Gasteiger partial charge on any atom is -0.390 e. The lowest BCUT2D eigenvalue weighted by Gasteiger charge is -2.26. The Kier molecular flexibility index (Phi) is 8.54. The van der Waals surface area contributed by atoms with Gasteiger partial charge in [-0.1, -0.05) is 49.0 Å². The summed E-state index contributed by atoms with van der Waals surface area (Å²) in [6.07, 6.45) is 6.76. The summed E-state index contributed by atoms with van der Waals surface area (Å²) in [5, 5.41) is 19.9. The van der Waals surface area contributed by atoms with Crippen molar-refractivity contribution < 1.29 is 14.9 Å². The second-order valence-corrected chi connectivity index (χ2v) is 6.84. The fourth-order valence-electron chi connectivity index (χ4n) is 2.68. The Morgan fingerprint density at radius 2 is 1.84 bits per heavy atom. The van der Waals surface area contributed by atoms with Gasteiger partial charge in [0.25, 0.3) is 0 Å². The van der Waals surface area contributed by atoms with Crippen molar-refractivity contribution in [3.8, 4) is 0 Å². The van der Waals surface area contributed by atoms with E-state index < -0.39 is 12.2 Å². The summed E-state index contributed by atoms with van der Waals surface area (Å²) in [7, 11) is 0. The van der Waals surface area contributed by atoms with Gasteiger partial charge in [0.2, 0.25) is 0 Å². The Morgan fingerprint density at radius 1 is 1.11 bits per heavy atom. The van der Waals surface area contributed by atoms with E-state index in [4.69, 9.17) is 4.74 Å². The fraction of sp³-hybridized carbons (Fsp3) is 1.00. The van der Waals surface area contributed by atoms with Crippen LogP contribution in [-0.4, -0.2) is 39.5 Å². The molecule has 1 saturated heterocycles. The van der Waals surface area contributed by atoms with Crippen molar-refractivity contribution in [2.75, 3.05) is 0 Å². The van der Waals surface area contributed by atoms with Crippen LogP contribution in [-0.2, 0) is 4.74 Å². The molecule has 2 N–H and O–H groups in total. The Hall–Kier alpha value is 0.360. The zero-order valence-corrected chi connectivity index (χ0v) is 13.8. The van der Waals surface area contributed by atoms with Crippen LogP contribution >= 0.6 is 15.9 Å². The highest BCUT2D eigenvalue weighted by atomic mass is 79.9. The van der Waals surface area contributed by atoms with Crippen molar-refractivity contribution in [2.45, 2.75) is 94.5 Å². The van der Waals surface area contributed by atoms with Gasteiger partial charge in [-0.25, -0.2) is 0 Å². The molecular formula is C15H29BrO3. The number of hydrogen-bond acceptors (Lipinski definition) is 3. The van der Waals surface area contributed by atoms with Gasteiger partial charge >= 0.3 is 0 Å². The minimum absolute atomic E-state index is 0.119. The first-order valence-electron chi connectivity index (χ1n) is 7.74. The van der Waals surface area contributed by atoms with E-state index in [0.29, 0.717) is 12.8 Å². The summed E-state index contributed by atoms with van der Waals surface area (Å²) >= 11 is 3.62. The average Bonchev–Trinajstić information content (AvgIpc) is 2.44. The molecule has 1 heterocycles. The molecule has 5 atom stereocenters. The van der Waals surface area contributed by atoms with Crippen molar-refractivity contribution in [1.29, 1.82) is 0 Å². The van der Waals surface area contributed by atoms with Crippen molar-refractivity contribution in [1.82, 2.24) is 0 Å². The molecule has 0 amide bonds. The maximum absolute atomic E-state index is 9.96. The SMILES string of the molecule is CCCCC[C@H]1CC[C@H](O)[C@H](O)C[C@H](Br)[C@@H](CC)O1. The third kappa shape index (κ3) is 6.11. The lowest BCUT2D eigenvalue weighted by molar-refractivity contribution is -0.0236. The zero-order valence-electron chi connectivity index (χ0n) is 12.2. The van der Waals surface area contributed by atoms with Gasteiger partial charge in [-0.3, -0.25) is 0 Å². The van der Waals surface area contributed by atoms with E-state index in [-0.39, 0.29) is 17.0 Å². The highest BCUT2D eigenvalue weighted by molar-refractivity contribution is 9.09. The quantitative estimate of drug-likeness (QED) is 0.597. The van der Waals surface area contributed by atoms with Crippen LogP contribution in [0.15, 0.2) is 0 Å². The Bertz CT molecular complexity index is 237. The predicted octanol–water partition coefficient (Wildman–Crippen LogP) is 3.40. The molecule has 1 rings (SSSR count). The molecule has 0 spiro atoms. The molecule has 0 aromatic carbocycles. The molecule has 4 heteroatoms. The van der Waals surface area contributed by atoms with Crippen molar-refractivity contribution in [2.24, 2.45) is 0 Å². The lowest BCUT2D eigenvalue weighted by atomic mass is 10.0. The molecule has 3 nitrogen and oxygen atoms in total. The van der Waals surface area contributed by atoms with E-state index in [1.54, 1.807) is 0 Å². The monoisotopic (exact) mass is 336 g/mol. The molecule has 1 aliphatic rings. The van der Waals surface area contributed by atoms with Crippen LogP contribution in [0.3, 0.4) is 0 Å². The Labute approximate surface area is 125 Å². The number of aliphatic hydroxyl groups excluding tert-OH is 2. The first-order valence-corrected chi connectivity index (χ1v) is 8.65. The summed E-state index contributed by atoms with van der Waals surface area (Å²) < 4.78 is 6.21. The third-order valence-electron chi connectivity index (χ3n) is 4.00. The maximum Gasteiger partial charge on any atom is 0.0810 e. The third-order valence-corrected chi connectivity index (χ3v) is 4.96. The smallest absolute Gasteiger partial charge is 0.0810 e. The number of halogens is 1. The van der Waals surface area contributed by atoms with E-state index in [1.165, 1.54) is 19.3 Å². The highest BCUT2D eigenvalue weighted by Gasteiger charge is 2.30. The highest BCUT2D eigenvalue weighted by Crippen LogP contribution is 2.27. The van der Waals surface area contributed by atoms with Crippen molar-refractivity contribution in [3.05, 3.63) is 0 Å². The van der Waals surface area contributed by atoms with Gasteiger partial charge in [0.1, 0.15) is 0 Å². The average molecular weight is 337 g/mol. The molecule has 0 radical (unpaired) electrons. The molecule has 114 valence electrons.